The summed E-state index contributed by atoms with van der Waals surface area (Å²) in [5.41, 5.74) is 7.10. The van der Waals surface area contributed by atoms with E-state index in [1.54, 1.807) is 44.2 Å². The molecule has 1 aromatic heterocycles. The molecule has 1 aliphatic rings. The first-order valence-electron chi connectivity index (χ1n) is 10.6. The Labute approximate surface area is 187 Å². The zero-order valence-corrected chi connectivity index (χ0v) is 19.2. The number of aromatic nitrogens is 1. The Bertz CT molecular complexity index is 966. The van der Waals surface area contributed by atoms with Crippen molar-refractivity contribution < 1.29 is 28.3 Å². The van der Waals surface area contributed by atoms with Gasteiger partial charge in [0.05, 0.1) is 12.3 Å². The van der Waals surface area contributed by atoms with Gasteiger partial charge in [-0.2, -0.15) is 5.09 Å². The van der Waals surface area contributed by atoms with Crippen LogP contribution in [0.2, 0.25) is 0 Å². The summed E-state index contributed by atoms with van der Waals surface area (Å²) < 4.78 is 30.4. The zero-order chi connectivity index (χ0) is 23.1. The number of esters is 1. The summed E-state index contributed by atoms with van der Waals surface area (Å²) >= 11 is 0. The maximum atomic E-state index is 13.6. The van der Waals surface area contributed by atoms with Crippen LogP contribution in [0.15, 0.2) is 36.5 Å². The van der Waals surface area contributed by atoms with Crippen molar-refractivity contribution in [3.05, 3.63) is 53.3 Å². The highest BCUT2D eigenvalue weighted by molar-refractivity contribution is 7.52. The van der Waals surface area contributed by atoms with Gasteiger partial charge in [-0.25, -0.2) is 4.57 Å². The number of hydrogen-bond acceptors (Lipinski definition) is 8. The van der Waals surface area contributed by atoms with Crippen molar-refractivity contribution in [2.75, 3.05) is 0 Å². The summed E-state index contributed by atoms with van der Waals surface area (Å²) in [7, 11) is -4.02. The van der Waals surface area contributed by atoms with E-state index >= 15 is 0 Å². The molecule has 0 aliphatic heterocycles. The standard InChI is InChI=1S/C22H30N3O6P/c1-15-21(26)20(12-23)17(13-24-15)14-29-32(28,31-19-10-4-3-5-11-19)25-16(2)22(27)30-18-8-6-7-9-18/h3-5,10-11,13,16,18,26H,6-9,12,14,23H2,1-2H3,(H,25,28)/t16-,32?/m0/s1. The van der Waals surface area contributed by atoms with Crippen molar-refractivity contribution in [3.63, 3.8) is 0 Å². The molecule has 1 aliphatic carbocycles. The number of nitrogens with two attached hydrogens (primary N) is 1. The van der Waals surface area contributed by atoms with Crippen molar-refractivity contribution in [2.24, 2.45) is 5.73 Å². The first-order valence-corrected chi connectivity index (χ1v) is 12.2. The molecule has 9 nitrogen and oxygen atoms in total. The van der Waals surface area contributed by atoms with Gasteiger partial charge in [-0.05, 0) is 51.7 Å². The van der Waals surface area contributed by atoms with Gasteiger partial charge in [0.15, 0.2) is 0 Å². The average Bonchev–Trinajstić information content (AvgIpc) is 3.28. The number of benzene rings is 1. The lowest BCUT2D eigenvalue weighted by Gasteiger charge is -2.24. The maximum absolute atomic E-state index is 13.6. The number of aryl methyl sites for hydroxylation is 1. The smallest absolute Gasteiger partial charge is 0.459 e. The number of pyridine rings is 1. The quantitative estimate of drug-likeness (QED) is 0.356. The van der Waals surface area contributed by atoms with Crippen LogP contribution < -0.4 is 15.3 Å². The van der Waals surface area contributed by atoms with Crippen LogP contribution in [0, 0.1) is 6.92 Å². The summed E-state index contributed by atoms with van der Waals surface area (Å²) in [6.07, 6.45) is 5.11. The van der Waals surface area contributed by atoms with Gasteiger partial charge < -0.3 is 20.1 Å². The molecule has 1 aromatic carbocycles. The van der Waals surface area contributed by atoms with Crippen molar-refractivity contribution in [1.29, 1.82) is 0 Å². The molecule has 1 heterocycles. The molecule has 0 bridgehead atoms. The molecule has 0 radical (unpaired) electrons. The fraction of sp³-hybridized carbons (Fsp3) is 0.455. The van der Waals surface area contributed by atoms with E-state index in [-0.39, 0.29) is 25.0 Å². The topological polar surface area (TPSA) is 133 Å². The number of nitrogens with one attached hydrogen (secondary N) is 1. The molecule has 10 heteroatoms. The number of carbonyl (C=O) groups is 1. The first-order chi connectivity index (χ1) is 15.3. The molecule has 3 rings (SSSR count). The van der Waals surface area contributed by atoms with Crippen molar-refractivity contribution >= 4 is 13.7 Å². The van der Waals surface area contributed by atoms with E-state index < -0.39 is 19.8 Å². The minimum Gasteiger partial charge on any atom is -0.506 e. The lowest BCUT2D eigenvalue weighted by molar-refractivity contribution is -0.150. The van der Waals surface area contributed by atoms with Gasteiger partial charge in [-0.15, -0.1) is 0 Å². The lowest BCUT2D eigenvalue weighted by Crippen LogP contribution is -2.36. The van der Waals surface area contributed by atoms with E-state index in [9.17, 15) is 14.5 Å². The summed E-state index contributed by atoms with van der Waals surface area (Å²) in [4.78, 5) is 16.6. The second-order valence-electron chi connectivity index (χ2n) is 7.77. The second kappa shape index (κ2) is 10.9. The SMILES string of the molecule is Cc1ncc(COP(=O)(N[C@@H](C)C(=O)OC2CCCC2)Oc2ccccc2)c(CN)c1O. The third-order valence-corrected chi connectivity index (χ3v) is 6.91. The van der Waals surface area contributed by atoms with Crippen LogP contribution in [0.25, 0.3) is 0 Å². The molecule has 4 N–H and O–H groups in total. The minimum absolute atomic E-state index is 0.0334. The molecule has 0 saturated heterocycles. The van der Waals surface area contributed by atoms with Crippen molar-refractivity contribution in [1.82, 2.24) is 10.1 Å². The van der Waals surface area contributed by atoms with Gasteiger partial charge in [0.2, 0.25) is 0 Å². The zero-order valence-electron chi connectivity index (χ0n) is 18.3. The summed E-state index contributed by atoms with van der Waals surface area (Å²) in [5, 5.41) is 12.9. The van der Waals surface area contributed by atoms with Gasteiger partial charge >= 0.3 is 13.7 Å². The molecule has 1 saturated carbocycles. The molecule has 1 unspecified atom stereocenters. The number of nitrogens with zero attached hydrogens (tertiary/aromatic N) is 1. The molecule has 0 amide bonds. The highest BCUT2D eigenvalue weighted by atomic mass is 31.2. The fourth-order valence-electron chi connectivity index (χ4n) is 3.46. The highest BCUT2D eigenvalue weighted by Gasteiger charge is 2.34. The lowest BCUT2D eigenvalue weighted by atomic mass is 10.1. The average molecular weight is 463 g/mol. The Kier molecular flexibility index (Phi) is 8.26. The number of rotatable bonds is 10. The second-order valence-corrected chi connectivity index (χ2v) is 9.46. The van der Waals surface area contributed by atoms with Crippen molar-refractivity contribution in [2.45, 2.75) is 64.8 Å². The predicted octanol–water partition coefficient (Wildman–Crippen LogP) is 3.72. The van der Waals surface area contributed by atoms with Crippen LogP contribution in [0.3, 0.4) is 0 Å². The Morgan fingerprint density at radius 1 is 1.31 bits per heavy atom. The maximum Gasteiger partial charge on any atom is 0.459 e. The molecule has 0 spiro atoms. The number of hydrogen-bond donors (Lipinski definition) is 3. The van der Waals surface area contributed by atoms with E-state index in [0.717, 1.165) is 25.7 Å². The van der Waals surface area contributed by atoms with Gasteiger partial charge in [0, 0.05) is 23.9 Å². The monoisotopic (exact) mass is 463 g/mol. The fourth-order valence-corrected chi connectivity index (χ4v) is 4.93. The molecule has 174 valence electrons. The molecular formula is C22H30N3O6P. The molecule has 32 heavy (non-hydrogen) atoms. The number of ether oxygens (including phenoxy) is 1. The normalized spacial score (nSPS) is 17.0. The third kappa shape index (κ3) is 6.29. The van der Waals surface area contributed by atoms with Gasteiger partial charge in [-0.1, -0.05) is 18.2 Å². The largest absolute Gasteiger partial charge is 0.506 e. The van der Waals surface area contributed by atoms with E-state index in [0.29, 0.717) is 22.6 Å². The van der Waals surface area contributed by atoms with Crippen LogP contribution in [-0.2, 0) is 31.8 Å². The summed E-state index contributed by atoms with van der Waals surface area (Å²) in [6.45, 7) is 3.05. The predicted molar refractivity (Wildman–Crippen MR) is 119 cm³/mol. The van der Waals surface area contributed by atoms with E-state index in [2.05, 4.69) is 10.1 Å². The third-order valence-electron chi connectivity index (χ3n) is 5.28. The van der Waals surface area contributed by atoms with Crippen LogP contribution in [0.5, 0.6) is 11.5 Å². The number of carbonyl (C=O) groups excluding carboxylic acids is 1. The Morgan fingerprint density at radius 2 is 2.00 bits per heavy atom. The molecule has 2 atom stereocenters. The minimum atomic E-state index is -4.02. The van der Waals surface area contributed by atoms with Gasteiger partial charge in [0.1, 0.15) is 23.6 Å². The molecule has 1 fully saturated rings. The highest BCUT2D eigenvalue weighted by Crippen LogP contribution is 2.46. The van der Waals surface area contributed by atoms with E-state index in [4.69, 9.17) is 19.5 Å². The van der Waals surface area contributed by atoms with Crippen LogP contribution in [0.1, 0.15) is 49.4 Å². The van der Waals surface area contributed by atoms with Crippen molar-refractivity contribution in [3.8, 4) is 11.5 Å². The summed E-state index contributed by atoms with van der Waals surface area (Å²) in [6, 6.07) is 7.58. The molecule has 2 aromatic rings. The van der Waals surface area contributed by atoms with Crippen LogP contribution in [-0.4, -0.2) is 28.2 Å². The first kappa shape index (κ1) is 24.2. The van der Waals surface area contributed by atoms with Crippen LogP contribution in [0.4, 0.5) is 0 Å². The Balaban J connectivity index is 1.76. The molecular weight excluding hydrogens is 433 g/mol. The van der Waals surface area contributed by atoms with Crippen LogP contribution >= 0.6 is 7.75 Å². The number of aromatic hydroxyl groups is 1. The summed E-state index contributed by atoms with van der Waals surface area (Å²) in [5.74, 6) is -0.243. The van der Waals surface area contributed by atoms with Gasteiger partial charge in [-0.3, -0.25) is 14.3 Å². The van der Waals surface area contributed by atoms with E-state index in [1.807, 2.05) is 0 Å². The van der Waals surface area contributed by atoms with E-state index in [1.165, 1.54) is 6.20 Å². The Morgan fingerprint density at radius 3 is 2.66 bits per heavy atom. The number of para-hydroxylation sites is 1. The van der Waals surface area contributed by atoms with Gasteiger partial charge in [0.25, 0.3) is 0 Å². The Hall–Kier alpha value is -2.45.